The van der Waals surface area contributed by atoms with Crippen LogP contribution in [-0.4, -0.2) is 30.2 Å². The molecule has 0 amide bonds. The molecule has 2 unspecified atom stereocenters. The SMILES string of the molecule is FC(F)(F)Oc1ccccc1-c1noc(C2CC2)c1COC1CC2C[C@H]1CN2. The fraction of sp³-hybridized carbons (Fsp3) is 0.550. The molecule has 150 valence electrons. The second-order valence-electron chi connectivity index (χ2n) is 7.88. The van der Waals surface area contributed by atoms with Crippen molar-refractivity contribution in [1.82, 2.24) is 10.5 Å². The average molecular weight is 394 g/mol. The van der Waals surface area contributed by atoms with Crippen LogP contribution in [0.25, 0.3) is 11.3 Å². The molecule has 5 nitrogen and oxygen atoms in total. The Labute approximate surface area is 160 Å². The lowest BCUT2D eigenvalue weighted by Gasteiger charge is -2.23. The molecule has 3 aliphatic rings. The van der Waals surface area contributed by atoms with Crippen LogP contribution in [0.5, 0.6) is 5.75 Å². The van der Waals surface area contributed by atoms with Crippen LogP contribution in [0.1, 0.15) is 42.9 Å². The Morgan fingerprint density at radius 3 is 2.68 bits per heavy atom. The van der Waals surface area contributed by atoms with Gasteiger partial charge in [0.05, 0.1) is 12.7 Å². The Morgan fingerprint density at radius 1 is 1.18 bits per heavy atom. The number of alkyl halides is 3. The van der Waals surface area contributed by atoms with E-state index in [4.69, 9.17) is 9.26 Å². The number of piperidine rings is 1. The molecule has 3 fully saturated rings. The molecular formula is C20H21F3N2O3. The summed E-state index contributed by atoms with van der Waals surface area (Å²) in [6.07, 6.45) is -0.508. The quantitative estimate of drug-likeness (QED) is 0.788. The number of fused-ring (bicyclic) bond motifs is 2. The van der Waals surface area contributed by atoms with Crippen LogP contribution in [0.3, 0.4) is 0 Å². The predicted octanol–water partition coefficient (Wildman–Crippen LogP) is 4.38. The molecule has 1 N–H and O–H groups in total. The van der Waals surface area contributed by atoms with Crippen molar-refractivity contribution in [3.8, 4) is 17.0 Å². The lowest BCUT2D eigenvalue weighted by atomic mass is 10.0. The highest BCUT2D eigenvalue weighted by Gasteiger charge is 2.41. The van der Waals surface area contributed by atoms with Gasteiger partial charge in [0.2, 0.25) is 0 Å². The Bertz CT molecular complexity index is 863. The molecule has 28 heavy (non-hydrogen) atoms. The van der Waals surface area contributed by atoms with Crippen molar-refractivity contribution in [1.29, 1.82) is 0 Å². The first-order valence-corrected chi connectivity index (χ1v) is 9.66. The minimum atomic E-state index is -4.77. The van der Waals surface area contributed by atoms with E-state index < -0.39 is 6.36 Å². The van der Waals surface area contributed by atoms with Crippen LogP contribution >= 0.6 is 0 Å². The summed E-state index contributed by atoms with van der Waals surface area (Å²) >= 11 is 0. The van der Waals surface area contributed by atoms with Crippen molar-refractivity contribution in [2.24, 2.45) is 5.92 Å². The third kappa shape index (κ3) is 3.51. The minimum Gasteiger partial charge on any atom is -0.405 e. The number of nitrogens with zero attached hydrogens (tertiary/aromatic N) is 1. The summed E-state index contributed by atoms with van der Waals surface area (Å²) in [6.45, 7) is 1.25. The molecule has 2 heterocycles. The van der Waals surface area contributed by atoms with Gasteiger partial charge in [-0.2, -0.15) is 0 Å². The van der Waals surface area contributed by atoms with Crippen LogP contribution in [0.4, 0.5) is 13.2 Å². The number of benzene rings is 1. The van der Waals surface area contributed by atoms with Crippen LogP contribution in [0, 0.1) is 5.92 Å². The standard InChI is InChI=1S/C20H21F3N2O3/c21-20(22,23)27-16-4-2-1-3-14(16)18-15(19(28-25-18)11-5-6-11)10-26-17-8-13-7-12(17)9-24-13/h1-4,11-13,17,24H,5-10H2/t12-,13?,17?/m0/s1. The maximum atomic E-state index is 12.8. The maximum Gasteiger partial charge on any atom is 0.573 e. The van der Waals surface area contributed by atoms with Crippen molar-refractivity contribution >= 4 is 0 Å². The summed E-state index contributed by atoms with van der Waals surface area (Å²) in [5, 5.41) is 7.57. The lowest BCUT2D eigenvalue weighted by molar-refractivity contribution is -0.274. The van der Waals surface area contributed by atoms with Gasteiger partial charge in [0, 0.05) is 29.6 Å². The topological polar surface area (TPSA) is 56.5 Å². The number of para-hydroxylation sites is 1. The highest BCUT2D eigenvalue weighted by atomic mass is 19.4. The van der Waals surface area contributed by atoms with E-state index in [-0.39, 0.29) is 23.3 Å². The Hall–Kier alpha value is -2.06. The fourth-order valence-corrected chi connectivity index (χ4v) is 4.40. The molecule has 8 heteroatoms. The highest BCUT2D eigenvalue weighted by Crippen LogP contribution is 2.46. The minimum absolute atomic E-state index is 0.169. The molecule has 0 spiro atoms. The normalized spacial score (nSPS) is 26.8. The van der Waals surface area contributed by atoms with E-state index in [2.05, 4.69) is 15.2 Å². The molecule has 3 atom stereocenters. The van der Waals surface area contributed by atoms with Crippen LogP contribution < -0.4 is 10.1 Å². The van der Waals surface area contributed by atoms with Gasteiger partial charge < -0.3 is 19.3 Å². The van der Waals surface area contributed by atoms with Crippen molar-refractivity contribution in [2.75, 3.05) is 6.54 Å². The molecule has 2 aliphatic carbocycles. The van der Waals surface area contributed by atoms with Crippen molar-refractivity contribution < 1.29 is 27.2 Å². The molecule has 2 aromatic rings. The van der Waals surface area contributed by atoms with Gasteiger partial charge in [0.15, 0.2) is 0 Å². The third-order valence-electron chi connectivity index (χ3n) is 5.87. The molecule has 5 rings (SSSR count). The number of hydrogen-bond acceptors (Lipinski definition) is 5. The van der Waals surface area contributed by atoms with Crippen LogP contribution in [-0.2, 0) is 11.3 Å². The Kier molecular flexibility index (Phi) is 4.35. The predicted molar refractivity (Wildman–Crippen MR) is 93.7 cm³/mol. The second kappa shape index (κ2) is 6.77. The van der Waals surface area contributed by atoms with E-state index in [0.29, 0.717) is 24.3 Å². The lowest BCUT2D eigenvalue weighted by Crippen LogP contribution is -2.34. The molecule has 2 bridgehead atoms. The molecule has 1 aromatic heterocycles. The molecule has 1 aliphatic heterocycles. The van der Waals surface area contributed by atoms with Crippen LogP contribution in [0.15, 0.2) is 28.8 Å². The van der Waals surface area contributed by atoms with Crippen molar-refractivity contribution in [3.05, 3.63) is 35.6 Å². The van der Waals surface area contributed by atoms with Crippen molar-refractivity contribution in [2.45, 2.75) is 56.7 Å². The van der Waals surface area contributed by atoms with E-state index in [0.717, 1.165) is 43.6 Å². The number of ether oxygens (including phenoxy) is 2. The van der Waals surface area contributed by atoms with E-state index >= 15 is 0 Å². The molecule has 1 saturated heterocycles. The van der Waals surface area contributed by atoms with Gasteiger partial charge in [0.25, 0.3) is 0 Å². The summed E-state index contributed by atoms with van der Waals surface area (Å²) in [6, 6.07) is 6.54. The summed E-state index contributed by atoms with van der Waals surface area (Å²) in [5.41, 5.74) is 1.39. The summed E-state index contributed by atoms with van der Waals surface area (Å²) in [7, 11) is 0. The maximum absolute atomic E-state index is 12.8. The number of halogens is 3. The fourth-order valence-electron chi connectivity index (χ4n) is 4.40. The zero-order valence-corrected chi connectivity index (χ0v) is 15.2. The van der Waals surface area contributed by atoms with Gasteiger partial charge in [-0.3, -0.25) is 0 Å². The van der Waals surface area contributed by atoms with Crippen molar-refractivity contribution in [3.63, 3.8) is 0 Å². The molecule has 2 saturated carbocycles. The Morgan fingerprint density at radius 2 is 2.00 bits per heavy atom. The third-order valence-corrected chi connectivity index (χ3v) is 5.87. The van der Waals surface area contributed by atoms with Gasteiger partial charge in [-0.15, -0.1) is 13.2 Å². The molecule has 1 aromatic carbocycles. The Balaban J connectivity index is 1.44. The number of aromatic nitrogens is 1. The first-order valence-electron chi connectivity index (χ1n) is 9.66. The summed E-state index contributed by atoms with van der Waals surface area (Å²) in [5.74, 6) is 1.23. The van der Waals surface area contributed by atoms with E-state index in [1.807, 2.05) is 0 Å². The molecular weight excluding hydrogens is 373 g/mol. The number of hydrogen-bond donors (Lipinski definition) is 1. The first kappa shape index (κ1) is 18.0. The van der Waals surface area contributed by atoms with E-state index in [1.165, 1.54) is 12.1 Å². The largest absolute Gasteiger partial charge is 0.573 e. The number of rotatable bonds is 6. The first-order chi connectivity index (χ1) is 13.5. The van der Waals surface area contributed by atoms with Gasteiger partial charge >= 0.3 is 6.36 Å². The number of nitrogens with one attached hydrogen (secondary N) is 1. The summed E-state index contributed by atoms with van der Waals surface area (Å²) < 4.78 is 54.4. The monoisotopic (exact) mass is 394 g/mol. The zero-order valence-electron chi connectivity index (χ0n) is 15.2. The second-order valence-corrected chi connectivity index (χ2v) is 7.88. The van der Waals surface area contributed by atoms with E-state index in [1.54, 1.807) is 12.1 Å². The summed E-state index contributed by atoms with van der Waals surface area (Å²) in [4.78, 5) is 0. The van der Waals surface area contributed by atoms with Gasteiger partial charge in [0.1, 0.15) is 17.2 Å². The average Bonchev–Trinajstić information content (AvgIpc) is 3.09. The van der Waals surface area contributed by atoms with Gasteiger partial charge in [-0.05, 0) is 43.7 Å². The highest BCUT2D eigenvalue weighted by molar-refractivity contribution is 5.70. The van der Waals surface area contributed by atoms with Gasteiger partial charge in [-0.1, -0.05) is 17.3 Å². The zero-order chi connectivity index (χ0) is 19.3. The van der Waals surface area contributed by atoms with E-state index in [9.17, 15) is 13.2 Å². The smallest absolute Gasteiger partial charge is 0.405 e. The van der Waals surface area contributed by atoms with Gasteiger partial charge in [-0.25, -0.2) is 0 Å². The molecule has 0 radical (unpaired) electrons. The van der Waals surface area contributed by atoms with Crippen LogP contribution in [0.2, 0.25) is 0 Å².